The van der Waals surface area contributed by atoms with Gasteiger partial charge in [0.15, 0.2) is 0 Å². The molecule has 0 aliphatic carbocycles. The van der Waals surface area contributed by atoms with Crippen molar-refractivity contribution in [1.29, 1.82) is 0 Å². The Morgan fingerprint density at radius 1 is 1.04 bits per heavy atom. The molecule has 2 amide bonds. The highest BCUT2D eigenvalue weighted by Gasteiger charge is 2.53. The maximum atomic E-state index is 13.0. The van der Waals surface area contributed by atoms with Crippen LogP contribution in [0.5, 0.6) is 0 Å². The number of aromatic nitrogens is 1. The van der Waals surface area contributed by atoms with Crippen LogP contribution in [0.2, 0.25) is 0 Å². The lowest BCUT2D eigenvalue weighted by molar-refractivity contribution is -0.158. The summed E-state index contributed by atoms with van der Waals surface area (Å²) in [4.78, 5) is 35.3. The highest BCUT2D eigenvalue weighted by Crippen LogP contribution is 2.30. The number of carbonyl (C=O) groups is 2. The fraction of sp³-hybridized carbons (Fsp3) is 0.381. The summed E-state index contributed by atoms with van der Waals surface area (Å²) in [5.74, 6) is -1.00. The summed E-state index contributed by atoms with van der Waals surface area (Å²) in [5.41, 5.74) is -0.121. The molecule has 2 saturated heterocycles. The molecular formula is C21H24N4O3. The Kier molecular flexibility index (Phi) is 5.11. The van der Waals surface area contributed by atoms with Crippen LogP contribution < -0.4 is 4.90 Å². The Morgan fingerprint density at radius 2 is 1.79 bits per heavy atom. The molecule has 0 bridgehead atoms. The van der Waals surface area contributed by atoms with Gasteiger partial charge in [-0.25, -0.2) is 0 Å². The van der Waals surface area contributed by atoms with Gasteiger partial charge in [-0.2, -0.15) is 0 Å². The van der Waals surface area contributed by atoms with Gasteiger partial charge < -0.3 is 14.9 Å². The summed E-state index contributed by atoms with van der Waals surface area (Å²) < 4.78 is 0. The molecule has 2 aliphatic heterocycles. The van der Waals surface area contributed by atoms with Gasteiger partial charge in [0.25, 0.3) is 11.8 Å². The van der Waals surface area contributed by atoms with E-state index in [2.05, 4.69) is 9.88 Å². The molecule has 0 unspecified atom stereocenters. The number of hydrogen-bond donors (Lipinski definition) is 1. The summed E-state index contributed by atoms with van der Waals surface area (Å²) in [6.45, 7) is 3.52. The highest BCUT2D eigenvalue weighted by molar-refractivity contribution is 6.16. The topological polar surface area (TPSA) is 77.0 Å². The zero-order valence-electron chi connectivity index (χ0n) is 15.7. The van der Waals surface area contributed by atoms with Crippen LogP contribution in [-0.4, -0.2) is 70.0 Å². The molecule has 1 N–H and O–H groups in total. The van der Waals surface area contributed by atoms with Gasteiger partial charge in [0.05, 0.1) is 0 Å². The lowest BCUT2D eigenvalue weighted by Crippen LogP contribution is -2.58. The average molecular weight is 380 g/mol. The number of piperazine rings is 1. The van der Waals surface area contributed by atoms with E-state index in [4.69, 9.17) is 0 Å². The van der Waals surface area contributed by atoms with Crippen LogP contribution in [0.25, 0.3) is 0 Å². The van der Waals surface area contributed by atoms with Crippen LogP contribution >= 0.6 is 0 Å². The van der Waals surface area contributed by atoms with E-state index >= 15 is 0 Å². The third kappa shape index (κ3) is 3.50. The van der Waals surface area contributed by atoms with Crippen molar-refractivity contribution in [2.24, 2.45) is 0 Å². The van der Waals surface area contributed by atoms with Gasteiger partial charge in [-0.05, 0) is 23.8 Å². The maximum Gasteiger partial charge on any atom is 0.268 e. The number of para-hydroxylation sites is 1. The van der Waals surface area contributed by atoms with Crippen molar-refractivity contribution in [2.75, 3.05) is 37.6 Å². The van der Waals surface area contributed by atoms with Crippen molar-refractivity contribution in [3.8, 4) is 0 Å². The molecule has 3 heterocycles. The molecule has 1 aromatic heterocycles. The summed E-state index contributed by atoms with van der Waals surface area (Å²) in [7, 11) is 0. The SMILES string of the molecule is O=C(N1CCN(Cc2cccnc2)CC1)[C@@]1(O)CCN(c2ccccc2)C1=O. The van der Waals surface area contributed by atoms with Crippen LogP contribution in [0.1, 0.15) is 12.0 Å². The monoisotopic (exact) mass is 380 g/mol. The number of carbonyl (C=O) groups excluding carboxylic acids is 2. The minimum absolute atomic E-state index is 0.120. The van der Waals surface area contributed by atoms with E-state index in [-0.39, 0.29) is 6.42 Å². The molecule has 2 aromatic rings. The number of hydrogen-bond acceptors (Lipinski definition) is 5. The lowest BCUT2D eigenvalue weighted by Gasteiger charge is -2.37. The largest absolute Gasteiger partial charge is 0.372 e. The van der Waals surface area contributed by atoms with Crippen molar-refractivity contribution in [2.45, 2.75) is 18.6 Å². The zero-order valence-corrected chi connectivity index (χ0v) is 15.7. The number of amides is 2. The third-order valence-electron chi connectivity index (χ3n) is 5.51. The summed E-state index contributed by atoms with van der Waals surface area (Å²) >= 11 is 0. The smallest absolute Gasteiger partial charge is 0.268 e. The second-order valence-electron chi connectivity index (χ2n) is 7.33. The second kappa shape index (κ2) is 7.69. The van der Waals surface area contributed by atoms with Gasteiger partial charge in [0.2, 0.25) is 5.60 Å². The predicted molar refractivity (Wildman–Crippen MR) is 104 cm³/mol. The van der Waals surface area contributed by atoms with Gasteiger partial charge in [-0.3, -0.25) is 19.5 Å². The Bertz CT molecular complexity index is 837. The minimum atomic E-state index is -1.96. The first kappa shape index (κ1) is 18.6. The number of rotatable bonds is 4. The molecule has 1 atom stereocenters. The first-order valence-corrected chi connectivity index (χ1v) is 9.58. The number of pyridine rings is 1. The molecule has 0 spiro atoms. The molecular weight excluding hydrogens is 356 g/mol. The van der Waals surface area contributed by atoms with Gasteiger partial charge in [0, 0.05) is 63.8 Å². The van der Waals surface area contributed by atoms with Crippen LogP contribution in [0.4, 0.5) is 5.69 Å². The van der Waals surface area contributed by atoms with E-state index in [9.17, 15) is 14.7 Å². The number of aliphatic hydroxyl groups is 1. The molecule has 2 fully saturated rings. The van der Waals surface area contributed by atoms with Gasteiger partial charge in [-0.1, -0.05) is 24.3 Å². The fourth-order valence-electron chi connectivity index (χ4n) is 3.88. The maximum absolute atomic E-state index is 13.0. The van der Waals surface area contributed by atoms with E-state index in [1.807, 2.05) is 48.7 Å². The van der Waals surface area contributed by atoms with Crippen molar-refractivity contribution < 1.29 is 14.7 Å². The number of benzene rings is 1. The van der Waals surface area contributed by atoms with Crippen molar-refractivity contribution in [3.63, 3.8) is 0 Å². The third-order valence-corrected chi connectivity index (χ3v) is 5.51. The molecule has 28 heavy (non-hydrogen) atoms. The Labute approximate surface area is 164 Å². The Morgan fingerprint density at radius 3 is 2.46 bits per heavy atom. The molecule has 4 rings (SSSR count). The summed E-state index contributed by atoms with van der Waals surface area (Å²) in [5, 5.41) is 10.9. The van der Waals surface area contributed by atoms with Crippen LogP contribution in [0.15, 0.2) is 54.9 Å². The van der Waals surface area contributed by atoms with E-state index in [0.717, 1.165) is 12.1 Å². The van der Waals surface area contributed by atoms with Gasteiger partial charge in [0.1, 0.15) is 0 Å². The lowest BCUT2D eigenvalue weighted by atomic mass is 10.00. The minimum Gasteiger partial charge on any atom is -0.372 e. The quantitative estimate of drug-likeness (QED) is 0.798. The van der Waals surface area contributed by atoms with E-state index in [0.29, 0.717) is 38.4 Å². The summed E-state index contributed by atoms with van der Waals surface area (Å²) in [6, 6.07) is 13.1. The normalized spacial score (nSPS) is 23.2. The number of nitrogens with zero attached hydrogens (tertiary/aromatic N) is 4. The van der Waals surface area contributed by atoms with Crippen molar-refractivity contribution in [3.05, 3.63) is 60.4 Å². The fourth-order valence-corrected chi connectivity index (χ4v) is 3.88. The molecule has 0 radical (unpaired) electrons. The van der Waals surface area contributed by atoms with Gasteiger partial charge in [-0.15, -0.1) is 0 Å². The Balaban J connectivity index is 1.38. The molecule has 0 saturated carbocycles. The van der Waals surface area contributed by atoms with E-state index in [1.54, 1.807) is 11.1 Å². The highest BCUT2D eigenvalue weighted by atomic mass is 16.3. The molecule has 7 heteroatoms. The number of anilines is 1. The first-order valence-electron chi connectivity index (χ1n) is 9.58. The van der Waals surface area contributed by atoms with Crippen molar-refractivity contribution in [1.82, 2.24) is 14.8 Å². The van der Waals surface area contributed by atoms with Crippen LogP contribution in [0.3, 0.4) is 0 Å². The summed E-state index contributed by atoms with van der Waals surface area (Å²) in [6.07, 6.45) is 3.71. The zero-order chi connectivity index (χ0) is 19.6. The van der Waals surface area contributed by atoms with Crippen LogP contribution in [0, 0.1) is 0 Å². The molecule has 1 aromatic carbocycles. The molecule has 2 aliphatic rings. The van der Waals surface area contributed by atoms with Gasteiger partial charge >= 0.3 is 0 Å². The van der Waals surface area contributed by atoms with Crippen LogP contribution in [-0.2, 0) is 16.1 Å². The van der Waals surface area contributed by atoms with E-state index in [1.165, 1.54) is 4.90 Å². The predicted octanol–water partition coefficient (Wildman–Crippen LogP) is 0.894. The van der Waals surface area contributed by atoms with E-state index < -0.39 is 17.4 Å². The average Bonchev–Trinajstić information content (AvgIpc) is 3.05. The second-order valence-corrected chi connectivity index (χ2v) is 7.33. The molecule has 146 valence electrons. The van der Waals surface area contributed by atoms with Crippen molar-refractivity contribution >= 4 is 17.5 Å². The first-order chi connectivity index (χ1) is 13.6. The molecule has 7 nitrogen and oxygen atoms in total. The Hall–Kier alpha value is -2.77. The standard InChI is InChI=1S/C21H24N4O3/c26-19(21(28)8-10-25(20(21)27)18-6-2-1-3-7-18)24-13-11-23(12-14-24)16-17-5-4-9-22-15-17/h1-7,9,15,28H,8,10-14,16H2/t21-/m0/s1.